The van der Waals surface area contributed by atoms with Crippen LogP contribution in [0.4, 0.5) is 5.69 Å². The standard InChI is InChI=1S/C20H25N5O/c1-3-7-25-8-6-14-4-5-16(9-19(14)25)23-20(26)18-12-21-11-17(18)15-10-22-24(2)13-15/h4-6,8-10,13,17-18,21H,3,7,11-12H2,1-2H3,(H,23,26)/t17-,18+/m1/s1. The van der Waals surface area contributed by atoms with Crippen molar-refractivity contribution in [2.45, 2.75) is 25.8 Å². The number of aromatic nitrogens is 3. The zero-order valence-corrected chi connectivity index (χ0v) is 15.3. The van der Waals surface area contributed by atoms with Gasteiger partial charge in [-0.2, -0.15) is 5.10 Å². The molecule has 3 heterocycles. The summed E-state index contributed by atoms with van der Waals surface area (Å²) in [5.41, 5.74) is 3.14. The Hall–Kier alpha value is -2.60. The Morgan fingerprint density at radius 3 is 3.00 bits per heavy atom. The maximum Gasteiger partial charge on any atom is 0.229 e. The molecule has 1 aromatic carbocycles. The Kier molecular flexibility index (Phi) is 4.51. The van der Waals surface area contributed by atoms with Crippen LogP contribution in [-0.4, -0.2) is 33.3 Å². The first-order valence-electron chi connectivity index (χ1n) is 9.24. The summed E-state index contributed by atoms with van der Waals surface area (Å²) in [7, 11) is 1.90. The summed E-state index contributed by atoms with van der Waals surface area (Å²) in [6.07, 6.45) is 7.06. The second-order valence-corrected chi connectivity index (χ2v) is 7.09. The van der Waals surface area contributed by atoms with Crippen LogP contribution >= 0.6 is 0 Å². The molecule has 0 unspecified atom stereocenters. The third kappa shape index (κ3) is 3.12. The van der Waals surface area contributed by atoms with Gasteiger partial charge in [-0.05, 0) is 35.6 Å². The van der Waals surface area contributed by atoms with Crippen LogP contribution in [0.1, 0.15) is 24.8 Å². The van der Waals surface area contributed by atoms with E-state index in [1.807, 2.05) is 25.5 Å². The van der Waals surface area contributed by atoms with E-state index in [0.29, 0.717) is 6.54 Å². The number of anilines is 1. The van der Waals surface area contributed by atoms with Gasteiger partial charge in [0.2, 0.25) is 5.91 Å². The molecule has 2 atom stereocenters. The minimum Gasteiger partial charge on any atom is -0.347 e. The minimum atomic E-state index is -0.0858. The largest absolute Gasteiger partial charge is 0.347 e. The van der Waals surface area contributed by atoms with Crippen molar-refractivity contribution < 1.29 is 4.79 Å². The smallest absolute Gasteiger partial charge is 0.229 e. The van der Waals surface area contributed by atoms with Crippen molar-refractivity contribution in [3.8, 4) is 0 Å². The molecule has 1 amide bonds. The summed E-state index contributed by atoms with van der Waals surface area (Å²) in [5, 5.41) is 11.9. The van der Waals surface area contributed by atoms with Gasteiger partial charge < -0.3 is 15.2 Å². The molecule has 1 aliphatic rings. The number of hydrogen-bond donors (Lipinski definition) is 2. The Labute approximate surface area is 153 Å². The quantitative estimate of drug-likeness (QED) is 0.743. The predicted molar refractivity (Wildman–Crippen MR) is 103 cm³/mol. The number of aryl methyl sites for hydroxylation is 2. The van der Waals surface area contributed by atoms with Crippen molar-refractivity contribution in [3.05, 3.63) is 48.4 Å². The lowest BCUT2D eigenvalue weighted by molar-refractivity contribution is -0.119. The van der Waals surface area contributed by atoms with Crippen LogP contribution in [0, 0.1) is 5.92 Å². The summed E-state index contributed by atoms with van der Waals surface area (Å²) in [5.74, 6) is 0.144. The van der Waals surface area contributed by atoms with Gasteiger partial charge in [-0.15, -0.1) is 0 Å². The van der Waals surface area contributed by atoms with Gasteiger partial charge in [0.25, 0.3) is 0 Å². The van der Waals surface area contributed by atoms with E-state index in [2.05, 4.69) is 51.6 Å². The highest BCUT2D eigenvalue weighted by molar-refractivity contribution is 5.96. The Morgan fingerprint density at radius 2 is 2.23 bits per heavy atom. The predicted octanol–water partition coefficient (Wildman–Crippen LogP) is 2.73. The topological polar surface area (TPSA) is 63.9 Å². The zero-order chi connectivity index (χ0) is 18.1. The monoisotopic (exact) mass is 351 g/mol. The number of fused-ring (bicyclic) bond motifs is 1. The van der Waals surface area contributed by atoms with E-state index in [0.717, 1.165) is 36.3 Å². The molecule has 2 aromatic heterocycles. The molecule has 0 spiro atoms. The summed E-state index contributed by atoms with van der Waals surface area (Å²) < 4.78 is 4.03. The maximum atomic E-state index is 12.9. The molecule has 6 heteroatoms. The van der Waals surface area contributed by atoms with Gasteiger partial charge in [-0.1, -0.05) is 13.0 Å². The normalized spacial score (nSPS) is 19.9. The van der Waals surface area contributed by atoms with Crippen LogP contribution in [0.2, 0.25) is 0 Å². The molecule has 4 rings (SSSR count). The SMILES string of the molecule is CCCn1ccc2ccc(NC(=O)[C@H]3CNC[C@@H]3c3cnn(C)c3)cc21. The van der Waals surface area contributed by atoms with Crippen LogP contribution in [0.3, 0.4) is 0 Å². The van der Waals surface area contributed by atoms with Gasteiger partial charge in [-0.3, -0.25) is 9.48 Å². The van der Waals surface area contributed by atoms with Gasteiger partial charge in [0, 0.05) is 50.7 Å². The molecule has 0 bridgehead atoms. The van der Waals surface area contributed by atoms with Crippen LogP contribution in [0.5, 0.6) is 0 Å². The van der Waals surface area contributed by atoms with E-state index in [1.54, 1.807) is 4.68 Å². The van der Waals surface area contributed by atoms with Gasteiger partial charge >= 0.3 is 0 Å². The highest BCUT2D eigenvalue weighted by Gasteiger charge is 2.34. The van der Waals surface area contributed by atoms with E-state index in [1.165, 1.54) is 5.39 Å². The lowest BCUT2D eigenvalue weighted by atomic mass is 9.90. The van der Waals surface area contributed by atoms with Crippen molar-refractivity contribution >= 4 is 22.5 Å². The fourth-order valence-corrected chi connectivity index (χ4v) is 3.87. The van der Waals surface area contributed by atoms with E-state index in [9.17, 15) is 4.79 Å². The van der Waals surface area contributed by atoms with Gasteiger partial charge in [0.05, 0.1) is 17.6 Å². The lowest BCUT2D eigenvalue weighted by Crippen LogP contribution is -2.28. The fourth-order valence-electron chi connectivity index (χ4n) is 3.87. The van der Waals surface area contributed by atoms with E-state index >= 15 is 0 Å². The van der Waals surface area contributed by atoms with Crippen LogP contribution in [0.25, 0.3) is 10.9 Å². The van der Waals surface area contributed by atoms with Crippen LogP contribution in [0.15, 0.2) is 42.9 Å². The average molecular weight is 351 g/mol. The molecule has 3 aromatic rings. The molecule has 0 radical (unpaired) electrons. The molecule has 136 valence electrons. The fraction of sp³-hybridized carbons (Fsp3) is 0.400. The molecule has 1 fully saturated rings. The minimum absolute atomic E-state index is 0.0665. The van der Waals surface area contributed by atoms with Crippen LogP contribution < -0.4 is 10.6 Å². The number of benzene rings is 1. The number of rotatable bonds is 5. The van der Waals surface area contributed by atoms with E-state index in [-0.39, 0.29) is 17.7 Å². The number of carbonyl (C=O) groups is 1. The molecule has 1 aliphatic heterocycles. The number of carbonyl (C=O) groups excluding carboxylic acids is 1. The molecule has 1 saturated heterocycles. The van der Waals surface area contributed by atoms with E-state index in [4.69, 9.17) is 0 Å². The molecule has 6 nitrogen and oxygen atoms in total. The number of hydrogen-bond acceptors (Lipinski definition) is 3. The van der Waals surface area contributed by atoms with Gasteiger partial charge in [0.1, 0.15) is 0 Å². The maximum absolute atomic E-state index is 12.9. The molecular weight excluding hydrogens is 326 g/mol. The number of amides is 1. The molecule has 0 saturated carbocycles. The van der Waals surface area contributed by atoms with Crippen molar-refractivity contribution in [2.24, 2.45) is 13.0 Å². The van der Waals surface area contributed by atoms with Crippen molar-refractivity contribution in [1.29, 1.82) is 0 Å². The second-order valence-electron chi connectivity index (χ2n) is 7.09. The van der Waals surface area contributed by atoms with Gasteiger partial charge in [0.15, 0.2) is 0 Å². The zero-order valence-electron chi connectivity index (χ0n) is 15.3. The summed E-state index contributed by atoms with van der Waals surface area (Å²) in [4.78, 5) is 12.9. The highest BCUT2D eigenvalue weighted by atomic mass is 16.1. The van der Waals surface area contributed by atoms with Gasteiger partial charge in [-0.25, -0.2) is 0 Å². The summed E-state index contributed by atoms with van der Waals surface area (Å²) >= 11 is 0. The lowest BCUT2D eigenvalue weighted by Gasteiger charge is -2.17. The van der Waals surface area contributed by atoms with Crippen molar-refractivity contribution in [3.63, 3.8) is 0 Å². The Bertz CT molecular complexity index is 925. The second kappa shape index (κ2) is 6.96. The molecule has 26 heavy (non-hydrogen) atoms. The summed E-state index contributed by atoms with van der Waals surface area (Å²) in [6, 6.07) is 8.25. The molecular formula is C20H25N5O. The average Bonchev–Trinajstić information content (AvgIpc) is 3.35. The Balaban J connectivity index is 1.53. The summed E-state index contributed by atoms with van der Waals surface area (Å²) in [6.45, 7) is 4.65. The highest BCUT2D eigenvalue weighted by Crippen LogP contribution is 2.29. The first-order chi connectivity index (χ1) is 12.7. The molecule has 2 N–H and O–H groups in total. The van der Waals surface area contributed by atoms with E-state index < -0.39 is 0 Å². The number of nitrogens with one attached hydrogen (secondary N) is 2. The first-order valence-corrected chi connectivity index (χ1v) is 9.24. The molecule has 0 aliphatic carbocycles. The van der Waals surface area contributed by atoms with Crippen LogP contribution in [-0.2, 0) is 18.4 Å². The third-order valence-corrected chi connectivity index (χ3v) is 5.21. The van der Waals surface area contributed by atoms with Crippen molar-refractivity contribution in [2.75, 3.05) is 18.4 Å². The van der Waals surface area contributed by atoms with Crippen molar-refractivity contribution in [1.82, 2.24) is 19.7 Å². The third-order valence-electron chi connectivity index (χ3n) is 5.21. The Morgan fingerprint density at radius 1 is 1.35 bits per heavy atom. The number of nitrogens with zero attached hydrogens (tertiary/aromatic N) is 3. The first kappa shape index (κ1) is 16.8.